The van der Waals surface area contributed by atoms with Crippen LogP contribution in [0.15, 0.2) is 41.6 Å². The second kappa shape index (κ2) is 5.72. The molecule has 4 N–H and O–H groups in total. The van der Waals surface area contributed by atoms with E-state index in [4.69, 9.17) is 10.6 Å². The van der Waals surface area contributed by atoms with E-state index in [-0.39, 0.29) is 10.7 Å². The average Bonchev–Trinajstić information content (AvgIpc) is 2.47. The molecule has 106 valence electrons. The Labute approximate surface area is 116 Å². The predicted octanol–water partition coefficient (Wildman–Crippen LogP) is 0.572. The highest BCUT2D eigenvalue weighted by Crippen LogP contribution is 2.21. The highest BCUT2D eigenvalue weighted by Gasteiger charge is 2.19. The quantitative estimate of drug-likeness (QED) is 0.545. The number of aromatic nitrogens is 2. The van der Waals surface area contributed by atoms with Crippen molar-refractivity contribution in [1.82, 2.24) is 9.97 Å². The summed E-state index contributed by atoms with van der Waals surface area (Å²) in [6, 6.07) is 5.97. The van der Waals surface area contributed by atoms with E-state index < -0.39 is 10.0 Å². The summed E-state index contributed by atoms with van der Waals surface area (Å²) in [7, 11) is -2.34. The lowest BCUT2D eigenvalue weighted by molar-refractivity contribution is 0.398. The van der Waals surface area contributed by atoms with Gasteiger partial charge in [-0.2, -0.15) is 0 Å². The van der Waals surface area contributed by atoms with E-state index in [1.807, 2.05) is 0 Å². The molecule has 8 nitrogen and oxygen atoms in total. The fourth-order valence-corrected chi connectivity index (χ4v) is 2.65. The van der Waals surface area contributed by atoms with Crippen LogP contribution >= 0.6 is 0 Å². The molecule has 0 aliphatic carbocycles. The van der Waals surface area contributed by atoms with Gasteiger partial charge in [-0.25, -0.2) is 24.2 Å². The maximum Gasteiger partial charge on any atom is 0.265 e. The van der Waals surface area contributed by atoms with E-state index in [1.165, 1.54) is 37.7 Å². The van der Waals surface area contributed by atoms with E-state index >= 15 is 0 Å². The topological polar surface area (TPSA) is 119 Å². The molecule has 0 amide bonds. The van der Waals surface area contributed by atoms with E-state index in [0.29, 0.717) is 11.6 Å². The van der Waals surface area contributed by atoms with Gasteiger partial charge in [-0.3, -0.25) is 4.72 Å². The zero-order chi connectivity index (χ0) is 14.6. The molecule has 0 radical (unpaired) electrons. The minimum Gasteiger partial charge on any atom is -0.481 e. The molecule has 2 aromatic rings. The first-order valence-electron chi connectivity index (χ1n) is 5.51. The Morgan fingerprint density at radius 2 is 2.05 bits per heavy atom. The van der Waals surface area contributed by atoms with Gasteiger partial charge < -0.3 is 10.2 Å². The van der Waals surface area contributed by atoms with Gasteiger partial charge >= 0.3 is 0 Å². The van der Waals surface area contributed by atoms with Gasteiger partial charge in [-0.05, 0) is 18.2 Å². The van der Waals surface area contributed by atoms with Crippen LogP contribution in [-0.4, -0.2) is 25.5 Å². The molecule has 0 aliphatic rings. The lowest BCUT2D eigenvalue weighted by atomic mass is 10.4. The highest BCUT2D eigenvalue weighted by atomic mass is 32.2. The third-order valence-corrected chi connectivity index (χ3v) is 3.81. The number of hydrogen-bond acceptors (Lipinski definition) is 7. The number of ether oxygens (including phenoxy) is 1. The molecule has 0 saturated heterocycles. The minimum absolute atomic E-state index is 0.0569. The lowest BCUT2D eigenvalue weighted by Crippen LogP contribution is -2.18. The SMILES string of the molecule is COc1ccc(NS(=O)(=O)c2cccnc2NN)cn1. The molecule has 0 unspecified atom stereocenters. The normalized spacial score (nSPS) is 10.9. The van der Waals surface area contributed by atoms with Crippen molar-refractivity contribution >= 4 is 21.5 Å². The molecule has 0 aromatic carbocycles. The molecule has 20 heavy (non-hydrogen) atoms. The van der Waals surface area contributed by atoms with Crippen LogP contribution in [-0.2, 0) is 10.0 Å². The first-order valence-corrected chi connectivity index (χ1v) is 6.99. The van der Waals surface area contributed by atoms with Gasteiger partial charge in [0, 0.05) is 12.3 Å². The molecule has 2 rings (SSSR count). The Hall–Kier alpha value is -2.39. The number of anilines is 2. The second-order valence-corrected chi connectivity index (χ2v) is 5.34. The van der Waals surface area contributed by atoms with Gasteiger partial charge in [0.25, 0.3) is 10.0 Å². The molecule has 0 saturated carbocycles. The van der Waals surface area contributed by atoms with Crippen LogP contribution in [0.5, 0.6) is 5.88 Å². The van der Waals surface area contributed by atoms with Gasteiger partial charge in [0.1, 0.15) is 4.90 Å². The summed E-state index contributed by atoms with van der Waals surface area (Å²) in [6.45, 7) is 0. The molecule has 0 spiro atoms. The third-order valence-electron chi connectivity index (χ3n) is 2.39. The summed E-state index contributed by atoms with van der Waals surface area (Å²) in [5.41, 5.74) is 2.54. The van der Waals surface area contributed by atoms with Crippen molar-refractivity contribution in [2.24, 2.45) is 5.84 Å². The van der Waals surface area contributed by atoms with Gasteiger partial charge in [0.15, 0.2) is 5.82 Å². The standard InChI is InChI=1S/C11H13N5O3S/c1-19-10-5-4-8(7-14-10)16-20(17,18)9-3-2-6-13-11(9)15-12/h2-7,16H,12H2,1H3,(H,13,15). The molecule has 0 aliphatic heterocycles. The molecule has 2 heterocycles. The van der Waals surface area contributed by atoms with Crippen molar-refractivity contribution in [3.05, 3.63) is 36.7 Å². The van der Waals surface area contributed by atoms with Crippen molar-refractivity contribution in [2.45, 2.75) is 4.90 Å². The van der Waals surface area contributed by atoms with Crippen molar-refractivity contribution in [2.75, 3.05) is 17.3 Å². The van der Waals surface area contributed by atoms with E-state index in [2.05, 4.69) is 20.1 Å². The Kier molecular flexibility index (Phi) is 4.01. The van der Waals surface area contributed by atoms with Crippen LogP contribution in [0, 0.1) is 0 Å². The number of hydrogen-bond donors (Lipinski definition) is 3. The summed E-state index contributed by atoms with van der Waals surface area (Å²) >= 11 is 0. The molecule has 0 fully saturated rings. The first-order chi connectivity index (χ1) is 9.56. The van der Waals surface area contributed by atoms with Crippen LogP contribution < -0.4 is 20.7 Å². The van der Waals surface area contributed by atoms with Gasteiger partial charge in [-0.15, -0.1) is 0 Å². The fraction of sp³-hybridized carbons (Fsp3) is 0.0909. The zero-order valence-electron chi connectivity index (χ0n) is 10.6. The number of rotatable bonds is 5. The Morgan fingerprint density at radius 1 is 1.25 bits per heavy atom. The van der Waals surface area contributed by atoms with Crippen LogP contribution in [0.2, 0.25) is 0 Å². The molecular weight excluding hydrogens is 282 g/mol. The van der Waals surface area contributed by atoms with Crippen molar-refractivity contribution in [1.29, 1.82) is 0 Å². The minimum atomic E-state index is -3.81. The number of nitrogens with one attached hydrogen (secondary N) is 2. The number of hydrazine groups is 1. The van der Waals surface area contributed by atoms with Crippen LogP contribution in [0.3, 0.4) is 0 Å². The number of sulfonamides is 1. The maximum atomic E-state index is 12.2. The average molecular weight is 295 g/mol. The lowest BCUT2D eigenvalue weighted by Gasteiger charge is -2.10. The van der Waals surface area contributed by atoms with Gasteiger partial charge in [0.2, 0.25) is 5.88 Å². The van der Waals surface area contributed by atoms with Crippen molar-refractivity contribution < 1.29 is 13.2 Å². The molecule has 2 aromatic heterocycles. The zero-order valence-corrected chi connectivity index (χ0v) is 11.4. The highest BCUT2D eigenvalue weighted by molar-refractivity contribution is 7.92. The number of nitrogen functional groups attached to an aromatic ring is 1. The summed E-state index contributed by atoms with van der Waals surface area (Å²) in [5.74, 6) is 5.69. The number of pyridine rings is 2. The number of methoxy groups -OCH3 is 1. The molecule has 0 bridgehead atoms. The fourth-order valence-electron chi connectivity index (χ4n) is 1.49. The second-order valence-electron chi connectivity index (χ2n) is 3.69. The molecular formula is C11H13N5O3S. The third kappa shape index (κ3) is 2.95. The monoisotopic (exact) mass is 295 g/mol. The molecule has 0 atom stereocenters. The van der Waals surface area contributed by atoms with Crippen LogP contribution in [0.4, 0.5) is 11.5 Å². The van der Waals surface area contributed by atoms with Gasteiger partial charge in [0.05, 0.1) is 19.0 Å². The van der Waals surface area contributed by atoms with Gasteiger partial charge in [-0.1, -0.05) is 0 Å². The first kappa shape index (κ1) is 14.0. The predicted molar refractivity (Wildman–Crippen MR) is 73.6 cm³/mol. The Balaban J connectivity index is 2.30. The van der Waals surface area contributed by atoms with E-state index in [9.17, 15) is 8.42 Å². The summed E-state index contributed by atoms with van der Waals surface area (Å²) in [6.07, 6.45) is 2.78. The van der Waals surface area contributed by atoms with Crippen LogP contribution in [0.1, 0.15) is 0 Å². The summed E-state index contributed by atoms with van der Waals surface area (Å²) in [4.78, 5) is 7.70. The van der Waals surface area contributed by atoms with Crippen molar-refractivity contribution in [3.8, 4) is 5.88 Å². The Morgan fingerprint density at radius 3 is 2.65 bits per heavy atom. The largest absolute Gasteiger partial charge is 0.481 e. The number of nitrogens with two attached hydrogens (primary N) is 1. The van der Waals surface area contributed by atoms with Crippen LogP contribution in [0.25, 0.3) is 0 Å². The number of nitrogens with zero attached hydrogens (tertiary/aromatic N) is 2. The summed E-state index contributed by atoms with van der Waals surface area (Å²) in [5, 5.41) is 0. The van der Waals surface area contributed by atoms with E-state index in [1.54, 1.807) is 6.07 Å². The van der Waals surface area contributed by atoms with Crippen molar-refractivity contribution in [3.63, 3.8) is 0 Å². The summed E-state index contributed by atoms with van der Waals surface area (Å²) < 4.78 is 31.7. The smallest absolute Gasteiger partial charge is 0.265 e. The Bertz CT molecular complexity index is 687. The maximum absolute atomic E-state index is 12.2. The van der Waals surface area contributed by atoms with E-state index in [0.717, 1.165) is 0 Å². The molecule has 9 heteroatoms.